The van der Waals surface area contributed by atoms with Gasteiger partial charge < -0.3 is 18.9 Å². The van der Waals surface area contributed by atoms with Gasteiger partial charge in [-0.1, -0.05) is 103 Å². The topological polar surface area (TPSA) is 71.1 Å². The molecule has 0 N–H and O–H groups in total. The molecule has 3 aromatic rings. The maximum absolute atomic E-state index is 12.7. The minimum atomic E-state index is -0.740. The second kappa shape index (κ2) is 20.3. The molecular formula is C39H52O6. The highest BCUT2D eigenvalue weighted by Gasteiger charge is 2.20. The van der Waals surface area contributed by atoms with Gasteiger partial charge in [-0.15, -0.1) is 0 Å². The third-order valence-corrected chi connectivity index (χ3v) is 7.95. The standard InChI is InChI=1S/C39H52O6/c1-5-8-9-10-11-12-13-14-15-16-29-42-35-23-21-32(22-24-35)31-17-19-33(20-18-31)39(41)45-37-27-25-36(26-28-37)43-30(4)38(40)44-34(6-2)7-3/h17-28,30,34H,5-16,29H2,1-4H3/t30-/m1/s1. The van der Waals surface area contributed by atoms with Gasteiger partial charge in [0.1, 0.15) is 23.4 Å². The van der Waals surface area contributed by atoms with Gasteiger partial charge in [-0.05, 0) is 85.8 Å². The molecule has 0 spiro atoms. The minimum Gasteiger partial charge on any atom is -0.494 e. The van der Waals surface area contributed by atoms with Crippen molar-refractivity contribution in [1.82, 2.24) is 0 Å². The Hall–Kier alpha value is -3.80. The van der Waals surface area contributed by atoms with Crippen molar-refractivity contribution in [3.63, 3.8) is 0 Å². The van der Waals surface area contributed by atoms with Gasteiger partial charge >= 0.3 is 11.9 Å². The van der Waals surface area contributed by atoms with Crippen molar-refractivity contribution in [2.45, 2.75) is 117 Å². The van der Waals surface area contributed by atoms with Crippen LogP contribution in [0.15, 0.2) is 72.8 Å². The van der Waals surface area contributed by atoms with E-state index < -0.39 is 18.0 Å². The van der Waals surface area contributed by atoms with Gasteiger partial charge in [-0.2, -0.15) is 0 Å². The summed E-state index contributed by atoms with van der Waals surface area (Å²) in [6.07, 6.45) is 13.8. The zero-order chi connectivity index (χ0) is 32.3. The number of hydrogen-bond acceptors (Lipinski definition) is 6. The van der Waals surface area contributed by atoms with Gasteiger partial charge in [-0.3, -0.25) is 0 Å². The van der Waals surface area contributed by atoms with Crippen molar-refractivity contribution in [2.75, 3.05) is 6.61 Å². The van der Waals surface area contributed by atoms with E-state index in [-0.39, 0.29) is 6.10 Å². The number of esters is 2. The second-order valence-electron chi connectivity index (χ2n) is 11.6. The molecule has 0 radical (unpaired) electrons. The lowest BCUT2D eigenvalue weighted by Gasteiger charge is -2.18. The van der Waals surface area contributed by atoms with Gasteiger partial charge in [-0.25, -0.2) is 9.59 Å². The molecule has 0 saturated heterocycles. The van der Waals surface area contributed by atoms with Gasteiger partial charge in [0.05, 0.1) is 12.2 Å². The van der Waals surface area contributed by atoms with E-state index >= 15 is 0 Å². The van der Waals surface area contributed by atoms with E-state index in [9.17, 15) is 9.59 Å². The predicted molar refractivity (Wildman–Crippen MR) is 181 cm³/mol. The Balaban J connectivity index is 1.38. The summed E-state index contributed by atoms with van der Waals surface area (Å²) in [4.78, 5) is 25.0. The van der Waals surface area contributed by atoms with Crippen LogP contribution in [0.1, 0.15) is 115 Å². The van der Waals surface area contributed by atoms with Crippen LogP contribution in [-0.2, 0) is 9.53 Å². The van der Waals surface area contributed by atoms with Crippen LogP contribution in [-0.4, -0.2) is 30.8 Å². The Kier molecular flexibility index (Phi) is 16.1. The van der Waals surface area contributed by atoms with Crippen molar-refractivity contribution in [3.8, 4) is 28.4 Å². The summed E-state index contributed by atoms with van der Waals surface area (Å²) in [6.45, 7) is 8.63. The predicted octanol–water partition coefficient (Wildman–Crippen LogP) is 10.4. The Bertz CT molecular complexity index is 1250. The van der Waals surface area contributed by atoms with Crippen molar-refractivity contribution in [2.24, 2.45) is 0 Å². The number of rotatable bonds is 21. The first kappa shape index (κ1) is 35.7. The SMILES string of the molecule is CCCCCCCCCCCCOc1ccc(-c2ccc(C(=O)Oc3ccc(O[C@H](C)C(=O)OC(CC)CC)cc3)cc2)cc1. The van der Waals surface area contributed by atoms with Crippen LogP contribution in [0.4, 0.5) is 0 Å². The maximum atomic E-state index is 12.7. The summed E-state index contributed by atoms with van der Waals surface area (Å²) >= 11 is 0. The third kappa shape index (κ3) is 13.0. The van der Waals surface area contributed by atoms with Crippen molar-refractivity contribution in [3.05, 3.63) is 78.4 Å². The summed E-state index contributed by atoms with van der Waals surface area (Å²) in [5, 5.41) is 0. The average Bonchev–Trinajstić information content (AvgIpc) is 3.07. The van der Waals surface area contributed by atoms with Gasteiger partial charge in [0, 0.05) is 0 Å². The van der Waals surface area contributed by atoms with Crippen LogP contribution < -0.4 is 14.2 Å². The van der Waals surface area contributed by atoms with Gasteiger partial charge in [0.2, 0.25) is 0 Å². The molecule has 0 unspecified atom stereocenters. The first-order chi connectivity index (χ1) is 21.9. The molecule has 6 heteroatoms. The molecule has 0 saturated carbocycles. The van der Waals surface area contributed by atoms with Gasteiger partial charge in [0.25, 0.3) is 0 Å². The van der Waals surface area contributed by atoms with Gasteiger partial charge in [0.15, 0.2) is 6.10 Å². The Labute approximate surface area is 270 Å². The van der Waals surface area contributed by atoms with Crippen molar-refractivity contribution in [1.29, 1.82) is 0 Å². The monoisotopic (exact) mass is 616 g/mol. The molecule has 3 aromatic carbocycles. The third-order valence-electron chi connectivity index (χ3n) is 7.95. The summed E-state index contributed by atoms with van der Waals surface area (Å²) in [5.41, 5.74) is 2.51. The van der Waals surface area contributed by atoms with Crippen LogP contribution in [0.25, 0.3) is 11.1 Å². The lowest BCUT2D eigenvalue weighted by atomic mass is 10.0. The fourth-order valence-corrected chi connectivity index (χ4v) is 5.04. The lowest BCUT2D eigenvalue weighted by molar-refractivity contribution is -0.157. The Morgan fingerprint density at radius 2 is 1.09 bits per heavy atom. The average molecular weight is 617 g/mol. The van der Waals surface area contributed by atoms with Crippen molar-refractivity contribution < 1.29 is 28.5 Å². The Morgan fingerprint density at radius 1 is 0.600 bits per heavy atom. The highest BCUT2D eigenvalue weighted by Crippen LogP contribution is 2.25. The van der Waals surface area contributed by atoms with Crippen LogP contribution in [0.5, 0.6) is 17.2 Å². The van der Waals surface area contributed by atoms with E-state index in [0.29, 0.717) is 17.1 Å². The molecule has 6 nitrogen and oxygen atoms in total. The molecule has 0 aliphatic heterocycles. The molecule has 45 heavy (non-hydrogen) atoms. The molecule has 0 amide bonds. The van der Waals surface area contributed by atoms with Crippen LogP contribution in [0.2, 0.25) is 0 Å². The number of unbranched alkanes of at least 4 members (excludes halogenated alkanes) is 9. The fraction of sp³-hybridized carbons (Fsp3) is 0.487. The number of ether oxygens (including phenoxy) is 4. The summed E-state index contributed by atoms with van der Waals surface area (Å²) in [7, 11) is 0. The maximum Gasteiger partial charge on any atom is 0.347 e. The van der Waals surface area contributed by atoms with Crippen LogP contribution in [0.3, 0.4) is 0 Å². The summed E-state index contributed by atoms with van der Waals surface area (Å²) < 4.78 is 22.6. The number of carbonyl (C=O) groups excluding carboxylic acids is 2. The number of carbonyl (C=O) groups is 2. The first-order valence-corrected chi connectivity index (χ1v) is 17.0. The highest BCUT2D eigenvalue weighted by molar-refractivity contribution is 5.91. The quantitative estimate of drug-likeness (QED) is 0.0674. The molecule has 0 aliphatic rings. The van der Waals surface area contributed by atoms with E-state index in [2.05, 4.69) is 6.92 Å². The molecule has 0 aliphatic carbocycles. The van der Waals surface area contributed by atoms with Crippen molar-refractivity contribution >= 4 is 11.9 Å². The minimum absolute atomic E-state index is 0.108. The molecule has 0 aromatic heterocycles. The van der Waals surface area contributed by atoms with Crippen LogP contribution in [0, 0.1) is 0 Å². The molecule has 1 atom stereocenters. The lowest BCUT2D eigenvalue weighted by Crippen LogP contribution is -2.29. The number of benzene rings is 3. The van der Waals surface area contributed by atoms with E-state index in [1.54, 1.807) is 43.3 Å². The summed E-state index contributed by atoms with van der Waals surface area (Å²) in [6, 6.07) is 22.0. The molecule has 0 bridgehead atoms. The normalized spacial score (nSPS) is 11.7. The first-order valence-electron chi connectivity index (χ1n) is 17.0. The molecule has 3 rings (SSSR count). The fourth-order valence-electron chi connectivity index (χ4n) is 5.04. The smallest absolute Gasteiger partial charge is 0.347 e. The van der Waals surface area contributed by atoms with E-state index in [1.165, 1.54) is 57.8 Å². The number of hydrogen-bond donors (Lipinski definition) is 0. The molecular weight excluding hydrogens is 564 g/mol. The Morgan fingerprint density at radius 3 is 1.64 bits per heavy atom. The molecule has 244 valence electrons. The van der Waals surface area contributed by atoms with E-state index in [1.807, 2.05) is 50.2 Å². The molecule has 0 heterocycles. The zero-order valence-electron chi connectivity index (χ0n) is 27.7. The molecule has 0 fully saturated rings. The van der Waals surface area contributed by atoms with E-state index in [4.69, 9.17) is 18.9 Å². The second-order valence-corrected chi connectivity index (χ2v) is 11.6. The van der Waals surface area contributed by atoms with Crippen LogP contribution >= 0.6 is 0 Å². The van der Waals surface area contributed by atoms with E-state index in [0.717, 1.165) is 42.7 Å². The zero-order valence-corrected chi connectivity index (χ0v) is 27.7. The highest BCUT2D eigenvalue weighted by atomic mass is 16.6. The largest absolute Gasteiger partial charge is 0.494 e. The summed E-state index contributed by atoms with van der Waals surface area (Å²) in [5.74, 6) is 0.905.